The minimum Gasteiger partial charge on any atom is -0.454 e. The predicted octanol–water partition coefficient (Wildman–Crippen LogP) is 3.26. The van der Waals surface area contributed by atoms with Gasteiger partial charge in [-0.25, -0.2) is 0 Å². The van der Waals surface area contributed by atoms with Gasteiger partial charge in [-0.1, -0.05) is 30.8 Å². The topological polar surface area (TPSA) is 133 Å². The third-order valence-electron chi connectivity index (χ3n) is 6.00. The summed E-state index contributed by atoms with van der Waals surface area (Å²) in [7, 11) is 0. The fourth-order valence-corrected chi connectivity index (χ4v) is 4.39. The van der Waals surface area contributed by atoms with E-state index in [1.807, 2.05) is 0 Å². The number of ketones is 1. The molecule has 2 aromatic rings. The lowest BCUT2D eigenvalue weighted by Gasteiger charge is -2.30. The van der Waals surface area contributed by atoms with Crippen LogP contribution in [0.2, 0.25) is 0 Å². The maximum absolute atomic E-state index is 12.6. The second-order valence-corrected chi connectivity index (χ2v) is 8.54. The Morgan fingerprint density at radius 1 is 1.03 bits per heavy atom. The highest BCUT2D eigenvalue weighted by Gasteiger charge is 2.38. The monoisotopic (exact) mass is 456 g/mol. The second kappa shape index (κ2) is 9.60. The lowest BCUT2D eigenvalue weighted by molar-refractivity contribution is -0.121. The number of hydrogen-bond acceptors (Lipinski definition) is 8. The highest BCUT2D eigenvalue weighted by Crippen LogP contribution is 2.37. The molecule has 2 amide bonds. The van der Waals surface area contributed by atoms with Gasteiger partial charge in [0.15, 0.2) is 23.1 Å². The second-order valence-electron chi connectivity index (χ2n) is 8.54. The Morgan fingerprint density at radius 2 is 1.73 bits per heavy atom. The number of aromatic nitrogens is 2. The van der Waals surface area contributed by atoms with Crippen LogP contribution in [0, 0.1) is 0 Å². The Kier molecular flexibility index (Phi) is 6.62. The zero-order valence-corrected chi connectivity index (χ0v) is 18.9. The maximum atomic E-state index is 12.6. The van der Waals surface area contributed by atoms with Gasteiger partial charge in [-0.15, -0.1) is 0 Å². The molecule has 176 valence electrons. The Morgan fingerprint density at radius 3 is 2.39 bits per heavy atom. The summed E-state index contributed by atoms with van der Waals surface area (Å²) in [4.78, 5) is 40.9. The predicted molar refractivity (Wildman–Crippen MR) is 117 cm³/mol. The number of fused-ring (bicyclic) bond motifs is 1. The van der Waals surface area contributed by atoms with Crippen molar-refractivity contribution in [3.8, 4) is 11.5 Å². The summed E-state index contributed by atoms with van der Waals surface area (Å²) in [6.45, 7) is 2.98. The van der Waals surface area contributed by atoms with E-state index in [-0.39, 0.29) is 37.2 Å². The van der Waals surface area contributed by atoms with Gasteiger partial charge < -0.3 is 24.6 Å². The molecule has 0 spiro atoms. The number of rotatable bonds is 7. The summed E-state index contributed by atoms with van der Waals surface area (Å²) < 4.78 is 16.1. The Bertz CT molecular complexity index is 1060. The highest BCUT2D eigenvalue weighted by molar-refractivity contribution is 6.04. The van der Waals surface area contributed by atoms with E-state index in [4.69, 9.17) is 14.0 Å². The van der Waals surface area contributed by atoms with Gasteiger partial charge in [0.05, 0.1) is 5.69 Å². The molecule has 1 saturated carbocycles. The molecule has 1 aromatic heterocycles. The van der Waals surface area contributed by atoms with Crippen molar-refractivity contribution in [3.05, 3.63) is 29.4 Å². The zero-order valence-electron chi connectivity index (χ0n) is 18.9. The SMILES string of the molecule is CC(=O)NC1(c2noc(CCC(=O)Nc3cc4c(cc3C(C)=O)OCO4)n2)CCCCCC1. The summed E-state index contributed by atoms with van der Waals surface area (Å²) in [6.07, 6.45) is 5.98. The molecule has 10 heteroatoms. The molecule has 10 nitrogen and oxygen atoms in total. The minimum absolute atomic E-state index is 0.0730. The van der Waals surface area contributed by atoms with E-state index < -0.39 is 5.54 Å². The number of carbonyl (C=O) groups excluding carboxylic acids is 3. The average Bonchev–Trinajstić information content (AvgIpc) is 3.37. The number of nitrogens with one attached hydrogen (secondary N) is 2. The fraction of sp³-hybridized carbons (Fsp3) is 0.522. The van der Waals surface area contributed by atoms with Crippen LogP contribution < -0.4 is 20.1 Å². The van der Waals surface area contributed by atoms with Gasteiger partial charge in [0.1, 0.15) is 5.54 Å². The van der Waals surface area contributed by atoms with E-state index in [2.05, 4.69) is 20.8 Å². The molecule has 0 radical (unpaired) electrons. The van der Waals surface area contributed by atoms with Crippen LogP contribution in [0.1, 0.15) is 80.9 Å². The molecule has 0 saturated heterocycles. The third kappa shape index (κ3) is 5.15. The number of ether oxygens (including phenoxy) is 2. The molecule has 1 aliphatic carbocycles. The fourth-order valence-electron chi connectivity index (χ4n) is 4.39. The van der Waals surface area contributed by atoms with Crippen molar-refractivity contribution >= 4 is 23.3 Å². The number of hydrogen-bond donors (Lipinski definition) is 2. The summed E-state index contributed by atoms with van der Waals surface area (Å²) >= 11 is 0. The molecular weight excluding hydrogens is 428 g/mol. The van der Waals surface area contributed by atoms with Gasteiger partial charge in [0.2, 0.25) is 24.5 Å². The molecule has 1 aliphatic heterocycles. The van der Waals surface area contributed by atoms with Crippen molar-refractivity contribution in [3.63, 3.8) is 0 Å². The van der Waals surface area contributed by atoms with Crippen molar-refractivity contribution < 1.29 is 28.4 Å². The Hall–Kier alpha value is -3.43. The molecule has 33 heavy (non-hydrogen) atoms. The first-order chi connectivity index (χ1) is 15.9. The Balaban J connectivity index is 1.43. The van der Waals surface area contributed by atoms with Gasteiger partial charge in [-0.3, -0.25) is 14.4 Å². The quantitative estimate of drug-likeness (QED) is 0.479. The number of carbonyl (C=O) groups is 3. The molecule has 0 unspecified atom stereocenters. The van der Waals surface area contributed by atoms with Crippen molar-refractivity contribution in [1.82, 2.24) is 15.5 Å². The number of Topliss-reactive ketones (excluding diaryl/α,β-unsaturated/α-hetero) is 1. The van der Waals surface area contributed by atoms with E-state index in [1.165, 1.54) is 13.8 Å². The van der Waals surface area contributed by atoms with E-state index >= 15 is 0 Å². The standard InChI is InChI=1S/C23H28N4O6/c1-14(28)16-11-18-19(32-13-31-18)12-17(16)24-20(30)7-8-21-25-22(27-33-21)23(26-15(2)29)9-5-3-4-6-10-23/h11-12H,3-10,13H2,1-2H3,(H,24,30)(H,26,29). The number of anilines is 1. The minimum atomic E-state index is -0.630. The number of nitrogens with zero attached hydrogens (tertiary/aromatic N) is 2. The van der Waals surface area contributed by atoms with E-state index in [0.29, 0.717) is 34.5 Å². The average molecular weight is 456 g/mol. The highest BCUT2D eigenvalue weighted by atomic mass is 16.7. The summed E-state index contributed by atoms with van der Waals surface area (Å²) in [6, 6.07) is 3.16. The van der Waals surface area contributed by atoms with Crippen LogP contribution in [-0.2, 0) is 21.5 Å². The van der Waals surface area contributed by atoms with Gasteiger partial charge >= 0.3 is 0 Å². The van der Waals surface area contributed by atoms with E-state index in [9.17, 15) is 14.4 Å². The summed E-state index contributed by atoms with van der Waals surface area (Å²) in [5, 5.41) is 9.94. The van der Waals surface area contributed by atoms with Crippen LogP contribution in [-0.4, -0.2) is 34.5 Å². The first kappa shape index (κ1) is 22.8. The summed E-state index contributed by atoms with van der Waals surface area (Å²) in [5.41, 5.74) is 0.0826. The van der Waals surface area contributed by atoms with Crippen LogP contribution in [0.25, 0.3) is 0 Å². The van der Waals surface area contributed by atoms with E-state index in [0.717, 1.165) is 38.5 Å². The molecule has 1 aromatic carbocycles. The van der Waals surface area contributed by atoms with Crippen LogP contribution in [0.15, 0.2) is 16.7 Å². The van der Waals surface area contributed by atoms with E-state index in [1.54, 1.807) is 12.1 Å². The van der Waals surface area contributed by atoms with Crippen molar-refractivity contribution in [2.75, 3.05) is 12.1 Å². The Labute approximate surface area is 191 Å². The molecule has 2 heterocycles. The lowest BCUT2D eigenvalue weighted by atomic mass is 9.89. The molecule has 2 N–H and O–H groups in total. The van der Waals surface area contributed by atoms with Gasteiger partial charge in [0.25, 0.3) is 0 Å². The zero-order chi connectivity index (χ0) is 23.4. The van der Waals surface area contributed by atoms with Gasteiger partial charge in [0, 0.05) is 31.4 Å². The molecule has 1 fully saturated rings. The molecule has 0 atom stereocenters. The van der Waals surface area contributed by atoms with Gasteiger partial charge in [-0.05, 0) is 25.8 Å². The summed E-state index contributed by atoms with van der Waals surface area (Å²) in [5.74, 6) is 1.11. The first-order valence-electron chi connectivity index (χ1n) is 11.2. The molecule has 4 rings (SSSR count). The molecule has 2 aliphatic rings. The lowest BCUT2D eigenvalue weighted by Crippen LogP contribution is -2.45. The van der Waals surface area contributed by atoms with Crippen LogP contribution in [0.4, 0.5) is 5.69 Å². The van der Waals surface area contributed by atoms with Crippen LogP contribution in [0.5, 0.6) is 11.5 Å². The first-order valence-corrected chi connectivity index (χ1v) is 11.2. The smallest absolute Gasteiger partial charge is 0.231 e. The van der Waals surface area contributed by atoms with Gasteiger partial charge in [-0.2, -0.15) is 4.98 Å². The maximum Gasteiger partial charge on any atom is 0.231 e. The number of amides is 2. The van der Waals surface area contributed by atoms with Crippen LogP contribution >= 0.6 is 0 Å². The van der Waals surface area contributed by atoms with Crippen molar-refractivity contribution in [2.45, 2.75) is 70.8 Å². The largest absolute Gasteiger partial charge is 0.454 e. The number of benzene rings is 1. The van der Waals surface area contributed by atoms with Crippen molar-refractivity contribution in [2.24, 2.45) is 0 Å². The molecule has 0 bridgehead atoms. The van der Waals surface area contributed by atoms with Crippen LogP contribution in [0.3, 0.4) is 0 Å². The normalized spacial score (nSPS) is 16.7. The number of aryl methyl sites for hydroxylation is 1. The molecular formula is C23H28N4O6. The third-order valence-corrected chi connectivity index (χ3v) is 6.00. The van der Waals surface area contributed by atoms with Crippen molar-refractivity contribution in [1.29, 1.82) is 0 Å².